The molecule has 2 aromatic heterocycles. The quantitative estimate of drug-likeness (QED) is 0.0596. The molecular formula is C70H79Cl4N7O17S. The molecule has 7 aromatic rings. The number of hydrazone groups is 1. The number of nitrogens with zero attached hydrogens (tertiary/aromatic N) is 6. The molecule has 0 aliphatic carbocycles. The van der Waals surface area contributed by atoms with E-state index in [1.807, 2.05) is 20.8 Å². The van der Waals surface area contributed by atoms with E-state index in [1.165, 1.54) is 47.6 Å². The minimum absolute atomic E-state index is 0.00623. The maximum atomic E-state index is 13.5. The maximum Gasteiger partial charge on any atom is 0.354 e. The lowest BCUT2D eigenvalue weighted by Gasteiger charge is -2.32. The van der Waals surface area contributed by atoms with E-state index in [-0.39, 0.29) is 52.9 Å². The van der Waals surface area contributed by atoms with E-state index in [4.69, 9.17) is 84.8 Å². The van der Waals surface area contributed by atoms with Crippen LogP contribution in [0.1, 0.15) is 119 Å². The van der Waals surface area contributed by atoms with Crippen LogP contribution in [0.15, 0.2) is 116 Å². The molecule has 24 nitrogen and oxygen atoms in total. The Labute approximate surface area is 593 Å². The molecule has 3 aliphatic heterocycles. The van der Waals surface area contributed by atoms with Gasteiger partial charge < -0.3 is 43.5 Å². The summed E-state index contributed by atoms with van der Waals surface area (Å²) in [7, 11) is -2.02. The van der Waals surface area contributed by atoms with Crippen molar-refractivity contribution in [3.05, 3.63) is 171 Å². The lowest BCUT2D eigenvalue weighted by atomic mass is 9.91. The summed E-state index contributed by atoms with van der Waals surface area (Å²) in [5.41, 5.74) is 4.50. The number of anilines is 1. The monoisotopic (exact) mass is 1460 g/mol. The van der Waals surface area contributed by atoms with Gasteiger partial charge in [-0.05, 0) is 170 Å². The number of carbonyl (C=O) groups excluding carboxylic acids is 4. The van der Waals surface area contributed by atoms with Crippen molar-refractivity contribution in [3.8, 4) is 34.3 Å². The van der Waals surface area contributed by atoms with Crippen LogP contribution in [-0.4, -0.2) is 125 Å². The fourth-order valence-corrected chi connectivity index (χ4v) is 12.5. The van der Waals surface area contributed by atoms with Crippen LogP contribution in [0, 0.1) is 19.3 Å². The molecule has 5 heterocycles. The first-order valence-corrected chi connectivity index (χ1v) is 35.0. The third-order valence-electron chi connectivity index (χ3n) is 15.7. The highest BCUT2D eigenvalue weighted by Crippen LogP contribution is 2.41. The van der Waals surface area contributed by atoms with E-state index >= 15 is 0 Å². The van der Waals surface area contributed by atoms with E-state index in [9.17, 15) is 42.0 Å². The van der Waals surface area contributed by atoms with E-state index < -0.39 is 56.1 Å². The Kier molecular flexibility index (Phi) is 26.2. The number of benzene rings is 5. The van der Waals surface area contributed by atoms with Gasteiger partial charge in [0.2, 0.25) is 5.88 Å². The Balaban J connectivity index is 0.000000187. The fourth-order valence-electron chi connectivity index (χ4n) is 10.6. The predicted octanol–water partition coefficient (Wildman–Crippen LogP) is 12.6. The zero-order chi connectivity index (χ0) is 73.0. The molecule has 29 heteroatoms. The van der Waals surface area contributed by atoms with Gasteiger partial charge in [0.05, 0.1) is 71.3 Å². The molecule has 3 aliphatic rings. The molecule has 530 valence electrons. The molecule has 0 amide bonds. The summed E-state index contributed by atoms with van der Waals surface area (Å²) in [6.45, 7) is 22.5. The molecule has 0 radical (unpaired) electrons. The number of aromatic amines is 1. The number of fused-ring (bicyclic) bond motifs is 1. The van der Waals surface area contributed by atoms with Crippen LogP contribution < -0.4 is 30.3 Å². The highest BCUT2D eigenvalue weighted by atomic mass is 35.5. The number of halogens is 4. The average molecular weight is 1460 g/mol. The highest BCUT2D eigenvalue weighted by Gasteiger charge is 2.50. The van der Waals surface area contributed by atoms with E-state index in [1.54, 1.807) is 97.7 Å². The fraction of sp³-hybridized carbons (Fsp3) is 0.386. The van der Waals surface area contributed by atoms with Gasteiger partial charge in [-0.3, -0.25) is 23.9 Å². The second-order valence-electron chi connectivity index (χ2n) is 24.1. The number of carbonyl (C=O) groups is 5. The summed E-state index contributed by atoms with van der Waals surface area (Å²) in [6, 6.07) is 23.4. The normalized spacial score (nSPS) is 15.1. The van der Waals surface area contributed by atoms with Gasteiger partial charge in [-0.1, -0.05) is 83.1 Å². The predicted molar refractivity (Wildman–Crippen MR) is 378 cm³/mol. The molecular weight excluding hydrogens is 1380 g/mol. The van der Waals surface area contributed by atoms with Crippen LogP contribution in [0.4, 0.5) is 5.69 Å². The third-order valence-corrected chi connectivity index (χ3v) is 17.9. The number of carboxylic acid groups (broad SMARTS) is 1. The van der Waals surface area contributed by atoms with Crippen molar-refractivity contribution in [1.82, 2.24) is 19.1 Å². The Bertz CT molecular complexity index is 4470. The summed E-state index contributed by atoms with van der Waals surface area (Å²) in [5.74, 6) is -1.10. The minimum Gasteiger partial charge on any atom is -0.479 e. The van der Waals surface area contributed by atoms with Crippen LogP contribution in [0.5, 0.6) is 23.1 Å². The number of esters is 3. The van der Waals surface area contributed by atoms with Gasteiger partial charge >= 0.3 is 23.9 Å². The molecule has 0 fully saturated rings. The summed E-state index contributed by atoms with van der Waals surface area (Å²) in [5, 5.41) is 22.7. The van der Waals surface area contributed by atoms with Crippen LogP contribution in [-0.2, 0) is 81.0 Å². The molecule has 10 rings (SSSR count). The van der Waals surface area contributed by atoms with Crippen molar-refractivity contribution in [1.29, 1.82) is 0 Å². The third kappa shape index (κ3) is 18.6. The lowest BCUT2D eigenvalue weighted by molar-refractivity contribution is -0.148. The molecule has 2 unspecified atom stereocenters. The van der Waals surface area contributed by atoms with E-state index in [0.29, 0.717) is 111 Å². The molecule has 5 aromatic carbocycles. The van der Waals surface area contributed by atoms with Crippen molar-refractivity contribution in [2.45, 2.75) is 131 Å². The number of aryl methyl sites for hydroxylation is 4. The van der Waals surface area contributed by atoms with Crippen molar-refractivity contribution < 1.29 is 70.8 Å². The average Bonchev–Trinajstić information content (AvgIpc) is 1.61. The zero-order valence-electron chi connectivity index (χ0n) is 57.1. The van der Waals surface area contributed by atoms with Crippen LogP contribution in [0.2, 0.25) is 20.1 Å². The summed E-state index contributed by atoms with van der Waals surface area (Å²) >= 11 is 24.0. The lowest BCUT2D eigenvalue weighted by Crippen LogP contribution is -2.48. The van der Waals surface area contributed by atoms with Crippen molar-refractivity contribution >= 4 is 103 Å². The van der Waals surface area contributed by atoms with Crippen molar-refractivity contribution in [2.75, 3.05) is 44.3 Å². The number of carboxylic acids is 1. The Morgan fingerprint density at radius 3 is 1.90 bits per heavy atom. The number of hydrogen-bond acceptors (Lipinski definition) is 19. The van der Waals surface area contributed by atoms with Crippen molar-refractivity contribution in [2.24, 2.45) is 22.7 Å². The number of ketones is 1. The summed E-state index contributed by atoms with van der Waals surface area (Å²) < 4.78 is 61.3. The molecule has 0 spiro atoms. The van der Waals surface area contributed by atoms with Crippen LogP contribution >= 0.6 is 46.4 Å². The molecule has 0 bridgehead atoms. The van der Waals surface area contributed by atoms with E-state index in [2.05, 4.69) is 48.3 Å². The van der Waals surface area contributed by atoms with Gasteiger partial charge in [-0.2, -0.15) is 5.10 Å². The minimum atomic E-state index is -3.52. The number of aromatic nitrogens is 4. The van der Waals surface area contributed by atoms with Crippen LogP contribution in [0.3, 0.4) is 0 Å². The Morgan fingerprint density at radius 1 is 0.758 bits per heavy atom. The van der Waals surface area contributed by atoms with E-state index in [0.717, 1.165) is 35.8 Å². The van der Waals surface area contributed by atoms with Gasteiger partial charge in [0.25, 0.3) is 11.1 Å². The zero-order valence-corrected chi connectivity index (χ0v) is 60.9. The molecule has 2 atom stereocenters. The number of H-pyrrole nitrogens is 1. The largest absolute Gasteiger partial charge is 0.479 e. The number of sulfone groups is 1. The SMILES string of the molecule is CC(Oc1ccc(Oc2ccc(Cl)cc2Cl)cc1)C(=O)O.CCOC(=O)C1=NN(c2ccc(Cl)cc2Cl)C(C)(C(=O)OCC)C1.CCc1cc(C)cc(CC)c1-c1c(OC(=O)C(C)(C)C)n2n(c1=O)CCOCC2.Cc1c(C(=O)c2c[nH]n(C)c2=O)ccc(S(C)(=O)=O)c1C1=NOCC1. The Hall–Kier alpha value is -8.72. The standard InChI is InChI=1S/C23H32N2O4.C16H18Cl2N2O4.C16H17N3O5S.C15H12Cl2O4/c1-7-16-13-15(3)14-17(8-2)18(16)19-20(26)24-9-11-28-12-10-25(24)21(19)29-22(27)23(4,5)6;1-4-23-14(21)12-9-16(3,15(22)24-5-2)20(19-12)13-7-6-10(17)8-11(13)18;1-9-10(15(20)11-8-17-19(2)16(11)21)4-5-13(25(3,22)23)14(9)12-6-7-24-18-12;1-9(15(18)19)20-11-3-5-12(6-4-11)21-14-7-2-10(16)8-13(14)17/h13-14H,7-12H2,1-6H3;6-8H,4-5,9H2,1-3H3;4-5,8,17H,6-7H2,1-3H3;2-9H,1H3,(H,18,19). The van der Waals surface area contributed by atoms with Crippen molar-refractivity contribution in [3.63, 3.8) is 0 Å². The highest BCUT2D eigenvalue weighted by molar-refractivity contribution is 7.90. The second kappa shape index (κ2) is 33.4. The van der Waals surface area contributed by atoms with Gasteiger partial charge in [0.1, 0.15) is 40.7 Å². The topological polar surface area (TPSA) is 297 Å². The number of hydrogen-bond donors (Lipinski definition) is 2. The molecule has 2 N–H and O–H groups in total. The molecule has 0 saturated heterocycles. The first-order valence-electron chi connectivity index (χ1n) is 31.6. The first-order chi connectivity index (χ1) is 46.7. The number of oxime groups is 1. The van der Waals surface area contributed by atoms with Gasteiger partial charge in [-0.15, -0.1) is 0 Å². The second-order valence-corrected chi connectivity index (χ2v) is 27.8. The van der Waals surface area contributed by atoms with Crippen LogP contribution in [0.25, 0.3) is 11.1 Å². The number of aliphatic carboxylic acids is 1. The van der Waals surface area contributed by atoms with Gasteiger partial charge in [0.15, 0.2) is 27.3 Å². The molecule has 0 saturated carbocycles. The van der Waals surface area contributed by atoms with Gasteiger partial charge in [0, 0.05) is 53.5 Å². The summed E-state index contributed by atoms with van der Waals surface area (Å²) in [6.07, 6.45) is 3.63. The smallest absolute Gasteiger partial charge is 0.354 e. The van der Waals surface area contributed by atoms with Gasteiger partial charge in [-0.25, -0.2) is 37.2 Å². The Morgan fingerprint density at radius 2 is 1.36 bits per heavy atom. The first kappa shape index (κ1) is 77.6. The number of nitrogens with one attached hydrogen (secondary N) is 1. The maximum absolute atomic E-state index is 13.5. The number of ether oxygens (including phenoxy) is 6. The molecule has 99 heavy (non-hydrogen) atoms. The summed E-state index contributed by atoms with van der Waals surface area (Å²) in [4.78, 5) is 91.5. The number of rotatable bonds is 18.